The van der Waals surface area contributed by atoms with Gasteiger partial charge in [-0.3, -0.25) is 4.99 Å². The second kappa shape index (κ2) is 12.2. The minimum atomic E-state index is -3.12. The Hall–Kier alpha value is -0.620. The number of aliphatic imine (C=N–C) groups is 1. The van der Waals surface area contributed by atoms with Gasteiger partial charge in [-0.25, -0.2) is 12.7 Å². The fourth-order valence-electron chi connectivity index (χ4n) is 2.94. The molecule has 1 aliphatic heterocycles. The molecule has 0 radical (unpaired) electrons. The second-order valence-electron chi connectivity index (χ2n) is 6.51. The Morgan fingerprint density at radius 1 is 1.29 bits per heavy atom. The number of halogens is 2. The number of nitrogens with one attached hydrogen (secondary N) is 2. The minimum Gasteiger partial charge on any atom is -0.386 e. The average Bonchev–Trinajstić information content (AvgIpc) is 2.67. The van der Waals surface area contributed by atoms with Crippen LogP contribution in [0.15, 0.2) is 29.3 Å². The third-order valence-corrected chi connectivity index (χ3v) is 6.71. The molecule has 0 spiro atoms. The molecule has 1 unspecified atom stereocenters. The number of piperidine rings is 1. The summed E-state index contributed by atoms with van der Waals surface area (Å²) in [7, 11) is -3.12. The van der Waals surface area contributed by atoms with Crippen LogP contribution in [0.2, 0.25) is 5.02 Å². The first-order valence-corrected chi connectivity index (χ1v) is 11.3. The summed E-state index contributed by atoms with van der Waals surface area (Å²) in [6.45, 7) is 5.60. The largest absolute Gasteiger partial charge is 0.386 e. The second-order valence-corrected chi connectivity index (χ2v) is 9.20. The van der Waals surface area contributed by atoms with Gasteiger partial charge < -0.3 is 15.7 Å². The zero-order valence-electron chi connectivity index (χ0n) is 16.3. The molecule has 0 saturated carbocycles. The number of sulfonamides is 1. The standard InChI is InChI=1S/C18H29ClN4O3S.HI/c1-3-20-18(21-13-17(24)14-5-7-15(19)8-6-14)22-16-9-11-23(12-10-16)27(25,26)4-2;/h5-8,16-17,24H,3-4,9-13H2,1-2H3,(H2,20,21,22);1H. The van der Waals surface area contributed by atoms with Gasteiger partial charge in [0.25, 0.3) is 0 Å². The highest BCUT2D eigenvalue weighted by atomic mass is 127. The van der Waals surface area contributed by atoms with E-state index in [4.69, 9.17) is 11.6 Å². The SMILES string of the molecule is CCNC(=NCC(O)c1ccc(Cl)cc1)NC1CCN(S(=O)(=O)CC)CC1.I. The van der Waals surface area contributed by atoms with E-state index in [-0.39, 0.29) is 42.3 Å². The summed E-state index contributed by atoms with van der Waals surface area (Å²) < 4.78 is 25.5. The van der Waals surface area contributed by atoms with E-state index in [1.165, 1.54) is 0 Å². The molecule has 1 heterocycles. The number of nitrogens with zero attached hydrogens (tertiary/aromatic N) is 2. The third-order valence-electron chi connectivity index (χ3n) is 4.57. The van der Waals surface area contributed by atoms with Crippen molar-refractivity contribution < 1.29 is 13.5 Å². The van der Waals surface area contributed by atoms with Gasteiger partial charge in [0.05, 0.1) is 18.4 Å². The van der Waals surface area contributed by atoms with Crippen molar-refractivity contribution in [1.29, 1.82) is 0 Å². The third kappa shape index (κ3) is 7.66. The van der Waals surface area contributed by atoms with Crippen molar-refractivity contribution in [3.63, 3.8) is 0 Å². The van der Waals surface area contributed by atoms with E-state index in [1.54, 1.807) is 35.5 Å². The number of rotatable bonds is 7. The van der Waals surface area contributed by atoms with Crippen LogP contribution in [-0.2, 0) is 10.0 Å². The highest BCUT2D eigenvalue weighted by molar-refractivity contribution is 14.0. The Labute approximate surface area is 190 Å². The predicted octanol–water partition coefficient (Wildman–Crippen LogP) is 2.36. The summed E-state index contributed by atoms with van der Waals surface area (Å²) in [5.74, 6) is 0.764. The predicted molar refractivity (Wildman–Crippen MR) is 125 cm³/mol. The van der Waals surface area contributed by atoms with E-state index in [2.05, 4.69) is 15.6 Å². The summed E-state index contributed by atoms with van der Waals surface area (Å²) in [5.41, 5.74) is 0.761. The van der Waals surface area contributed by atoms with Gasteiger partial charge in [0.1, 0.15) is 0 Å². The molecule has 3 N–H and O–H groups in total. The quantitative estimate of drug-likeness (QED) is 0.278. The summed E-state index contributed by atoms with van der Waals surface area (Å²) in [5, 5.41) is 17.5. The summed E-state index contributed by atoms with van der Waals surface area (Å²) in [4.78, 5) is 4.47. The van der Waals surface area contributed by atoms with Crippen LogP contribution in [0.4, 0.5) is 0 Å². The lowest BCUT2D eigenvalue weighted by Crippen LogP contribution is -2.50. The highest BCUT2D eigenvalue weighted by Crippen LogP contribution is 2.17. The normalized spacial score (nSPS) is 17.6. The first kappa shape index (κ1) is 25.4. The summed E-state index contributed by atoms with van der Waals surface area (Å²) in [6.07, 6.45) is 0.738. The van der Waals surface area contributed by atoms with Crippen LogP contribution in [0.5, 0.6) is 0 Å². The molecule has 1 aromatic rings. The van der Waals surface area contributed by atoms with Crippen LogP contribution >= 0.6 is 35.6 Å². The van der Waals surface area contributed by atoms with Crippen molar-refractivity contribution in [2.75, 3.05) is 31.9 Å². The van der Waals surface area contributed by atoms with Crippen molar-refractivity contribution >= 4 is 51.6 Å². The maximum atomic E-state index is 12.0. The van der Waals surface area contributed by atoms with E-state index in [0.717, 1.165) is 18.4 Å². The molecule has 0 aliphatic carbocycles. The van der Waals surface area contributed by atoms with Gasteiger partial charge in [0.15, 0.2) is 5.96 Å². The van der Waals surface area contributed by atoms with Crippen LogP contribution in [0.25, 0.3) is 0 Å². The number of hydrogen-bond donors (Lipinski definition) is 3. The van der Waals surface area contributed by atoms with Gasteiger partial charge >= 0.3 is 0 Å². The molecule has 0 aromatic heterocycles. The monoisotopic (exact) mass is 544 g/mol. The Morgan fingerprint density at radius 2 is 1.89 bits per heavy atom. The lowest BCUT2D eigenvalue weighted by atomic mass is 10.1. The first-order chi connectivity index (χ1) is 12.9. The molecule has 1 aliphatic rings. The Bertz CT molecular complexity index is 723. The molecule has 1 fully saturated rings. The molecule has 7 nitrogen and oxygen atoms in total. The average molecular weight is 545 g/mol. The van der Waals surface area contributed by atoms with E-state index < -0.39 is 16.1 Å². The van der Waals surface area contributed by atoms with Crippen LogP contribution in [0.1, 0.15) is 38.4 Å². The molecule has 0 bridgehead atoms. The molecular weight excluding hydrogens is 515 g/mol. The van der Waals surface area contributed by atoms with Crippen LogP contribution in [0, 0.1) is 0 Å². The van der Waals surface area contributed by atoms with Crippen molar-refractivity contribution in [2.45, 2.75) is 38.8 Å². The number of hydrogen-bond acceptors (Lipinski definition) is 4. The number of aliphatic hydroxyl groups excluding tert-OH is 1. The van der Waals surface area contributed by atoms with E-state index in [0.29, 0.717) is 30.6 Å². The number of guanidine groups is 1. The highest BCUT2D eigenvalue weighted by Gasteiger charge is 2.27. The van der Waals surface area contributed by atoms with Crippen molar-refractivity contribution in [1.82, 2.24) is 14.9 Å². The van der Waals surface area contributed by atoms with Gasteiger partial charge in [0, 0.05) is 30.7 Å². The smallest absolute Gasteiger partial charge is 0.213 e. The Balaban J connectivity index is 0.00000392. The van der Waals surface area contributed by atoms with Crippen LogP contribution in [-0.4, -0.2) is 61.8 Å². The van der Waals surface area contributed by atoms with Crippen LogP contribution in [0.3, 0.4) is 0 Å². The molecule has 1 atom stereocenters. The van der Waals surface area contributed by atoms with Gasteiger partial charge in [-0.1, -0.05) is 23.7 Å². The molecule has 2 rings (SSSR count). The van der Waals surface area contributed by atoms with E-state index in [1.807, 2.05) is 6.92 Å². The van der Waals surface area contributed by atoms with Crippen molar-refractivity contribution in [3.05, 3.63) is 34.9 Å². The fourth-order valence-corrected chi connectivity index (χ4v) is 4.20. The van der Waals surface area contributed by atoms with Gasteiger partial charge in [-0.15, -0.1) is 24.0 Å². The summed E-state index contributed by atoms with van der Waals surface area (Å²) in [6, 6.07) is 7.20. The molecule has 28 heavy (non-hydrogen) atoms. The fraction of sp³-hybridized carbons (Fsp3) is 0.611. The summed E-state index contributed by atoms with van der Waals surface area (Å²) >= 11 is 5.87. The number of aliphatic hydroxyl groups is 1. The molecule has 1 saturated heterocycles. The molecule has 10 heteroatoms. The van der Waals surface area contributed by atoms with Gasteiger partial charge in [-0.05, 0) is 44.4 Å². The van der Waals surface area contributed by atoms with Crippen molar-refractivity contribution in [3.8, 4) is 0 Å². The zero-order valence-corrected chi connectivity index (χ0v) is 20.2. The zero-order chi connectivity index (χ0) is 19.9. The Kier molecular flexibility index (Phi) is 11.0. The maximum absolute atomic E-state index is 12.0. The first-order valence-electron chi connectivity index (χ1n) is 9.32. The Morgan fingerprint density at radius 3 is 2.43 bits per heavy atom. The lowest BCUT2D eigenvalue weighted by Gasteiger charge is -2.32. The molecule has 0 amide bonds. The van der Waals surface area contributed by atoms with Gasteiger partial charge in [-0.2, -0.15) is 0 Å². The van der Waals surface area contributed by atoms with Gasteiger partial charge in [0.2, 0.25) is 10.0 Å². The molecule has 1 aromatic carbocycles. The molecular formula is C18H30ClIN4O3S. The topological polar surface area (TPSA) is 94.0 Å². The van der Waals surface area contributed by atoms with E-state index in [9.17, 15) is 13.5 Å². The van der Waals surface area contributed by atoms with Crippen molar-refractivity contribution in [2.24, 2.45) is 4.99 Å². The maximum Gasteiger partial charge on any atom is 0.213 e. The van der Waals surface area contributed by atoms with Crippen LogP contribution < -0.4 is 10.6 Å². The minimum absolute atomic E-state index is 0. The number of benzene rings is 1. The molecule has 160 valence electrons. The van der Waals surface area contributed by atoms with E-state index >= 15 is 0 Å². The lowest BCUT2D eigenvalue weighted by molar-refractivity contribution is 0.187.